The Morgan fingerprint density at radius 1 is 1.44 bits per heavy atom. The van der Waals surface area contributed by atoms with E-state index in [-0.39, 0.29) is 0 Å². The zero-order chi connectivity index (χ0) is 7.70. The van der Waals surface area contributed by atoms with Crippen LogP contribution >= 0.6 is 0 Å². The summed E-state index contributed by atoms with van der Waals surface area (Å²) in [6.45, 7) is 11.1. The molecule has 0 atom stereocenters. The summed E-state index contributed by atoms with van der Waals surface area (Å²) in [5.41, 5.74) is 1.12. The molecule has 0 aliphatic carbocycles. The van der Waals surface area contributed by atoms with Crippen LogP contribution in [0.5, 0.6) is 0 Å². The Kier molecular flexibility index (Phi) is 14.3. The molecule has 0 rings (SSSR count). The van der Waals surface area contributed by atoms with Crippen molar-refractivity contribution in [2.45, 2.75) is 20.8 Å². The third-order valence-corrected chi connectivity index (χ3v) is 1.08. The van der Waals surface area contributed by atoms with Crippen molar-refractivity contribution >= 4 is 4.40 Å². The Balaban J connectivity index is 0. The van der Waals surface area contributed by atoms with Gasteiger partial charge in [0, 0.05) is 0 Å². The van der Waals surface area contributed by atoms with Gasteiger partial charge in [0.05, 0.1) is 0 Å². The Hall–Kier alpha value is 0.0383. The van der Waals surface area contributed by atoms with Crippen molar-refractivity contribution in [3.63, 3.8) is 0 Å². The van der Waals surface area contributed by atoms with E-state index in [1.165, 1.54) is 19.4 Å². The van der Waals surface area contributed by atoms with Crippen LogP contribution in [-0.4, -0.2) is 4.40 Å². The fourth-order valence-corrected chi connectivity index (χ4v) is 0.934. The second kappa shape index (κ2) is 10.9. The van der Waals surface area contributed by atoms with Crippen molar-refractivity contribution in [3.8, 4) is 0 Å². The molecule has 0 bridgehead atoms. The minimum atomic E-state index is 1.12. The van der Waals surface area contributed by atoms with Gasteiger partial charge in [0.2, 0.25) is 0 Å². The molecule has 9 heavy (non-hydrogen) atoms. The van der Waals surface area contributed by atoms with Gasteiger partial charge in [-0.1, -0.05) is 13.8 Å². The maximum absolute atomic E-state index is 5.15. The van der Waals surface area contributed by atoms with Crippen LogP contribution in [0, 0.1) is 6.58 Å². The van der Waals surface area contributed by atoms with E-state index in [1.54, 1.807) is 6.08 Å². The number of rotatable bonds is 2. The summed E-state index contributed by atoms with van der Waals surface area (Å²) in [5, 5.41) is 0. The summed E-state index contributed by atoms with van der Waals surface area (Å²) >= 11 is 1.45. The van der Waals surface area contributed by atoms with Crippen LogP contribution in [0.15, 0.2) is 17.7 Å². The van der Waals surface area contributed by atoms with Gasteiger partial charge in [-0.3, -0.25) is 0 Å². The Labute approximate surface area is 69.1 Å². The summed E-state index contributed by atoms with van der Waals surface area (Å²) in [6, 6.07) is 0. The van der Waals surface area contributed by atoms with Gasteiger partial charge in [-0.25, -0.2) is 0 Å². The Bertz CT molecular complexity index is 101. The molecule has 0 aliphatic rings. The molecule has 0 saturated carbocycles. The molecule has 1 heteroatoms. The molecular formula is C8H13W-. The molecule has 0 radical (unpaired) electrons. The second-order valence-electron chi connectivity index (χ2n) is 1.21. The van der Waals surface area contributed by atoms with Crippen LogP contribution in [0.1, 0.15) is 20.8 Å². The average Bonchev–Trinajstić information content (AvgIpc) is 1.93. The van der Waals surface area contributed by atoms with E-state index in [0.717, 1.165) is 5.57 Å². The first kappa shape index (κ1) is 11.8. The van der Waals surface area contributed by atoms with E-state index in [0.29, 0.717) is 0 Å². The van der Waals surface area contributed by atoms with Gasteiger partial charge in [0.15, 0.2) is 0 Å². The molecule has 0 spiro atoms. The van der Waals surface area contributed by atoms with Crippen LogP contribution in [0.4, 0.5) is 0 Å². The van der Waals surface area contributed by atoms with Gasteiger partial charge in [-0.05, 0) is 0 Å². The van der Waals surface area contributed by atoms with E-state index in [2.05, 4.69) is 0 Å². The van der Waals surface area contributed by atoms with E-state index >= 15 is 0 Å². The van der Waals surface area contributed by atoms with Gasteiger partial charge in [-0.2, -0.15) is 0 Å². The monoisotopic (exact) mass is 293 g/mol. The SMILES string of the molecule is CC.[CH-]=CC(C)=C[CH]=[W]. The Morgan fingerprint density at radius 3 is 2.00 bits per heavy atom. The number of allylic oxidation sites excluding steroid dienone is 3. The zero-order valence-corrected chi connectivity index (χ0v) is 9.15. The summed E-state index contributed by atoms with van der Waals surface area (Å²) in [6.07, 6.45) is 3.59. The standard InChI is InChI=1S/C6H7.C2H6.W/c1-4-6(3)5-2;1-2;/h1-2,4-5H,3H3;1-2H3;/q-1;;. The van der Waals surface area contributed by atoms with Gasteiger partial charge in [0.25, 0.3) is 0 Å². The molecule has 0 unspecified atom stereocenters. The fraction of sp³-hybridized carbons (Fsp3) is 0.375. The van der Waals surface area contributed by atoms with Crippen LogP contribution in [0.2, 0.25) is 0 Å². The summed E-state index contributed by atoms with van der Waals surface area (Å²) < 4.78 is 2.04. The van der Waals surface area contributed by atoms with Gasteiger partial charge < -0.3 is 0 Å². The van der Waals surface area contributed by atoms with Crippen LogP contribution in [0.25, 0.3) is 0 Å². The summed E-state index contributed by atoms with van der Waals surface area (Å²) in [5.74, 6) is 0. The number of hydrogen-bond acceptors (Lipinski definition) is 0. The predicted octanol–water partition coefficient (Wildman–Crippen LogP) is 2.30. The van der Waals surface area contributed by atoms with Gasteiger partial charge in [0.1, 0.15) is 0 Å². The molecule has 0 fully saturated rings. The molecule has 0 aliphatic heterocycles. The van der Waals surface area contributed by atoms with Gasteiger partial charge in [-0.15, -0.1) is 0 Å². The maximum atomic E-state index is 5.15. The van der Waals surface area contributed by atoms with E-state index in [4.69, 9.17) is 6.58 Å². The third kappa shape index (κ3) is 11.5. The van der Waals surface area contributed by atoms with E-state index < -0.39 is 0 Å². The van der Waals surface area contributed by atoms with Crippen molar-refractivity contribution in [1.82, 2.24) is 0 Å². The molecule has 0 saturated heterocycles. The first-order valence-corrected chi connectivity index (χ1v) is 4.67. The molecule has 52 valence electrons. The Morgan fingerprint density at radius 2 is 1.89 bits per heavy atom. The molecule has 0 nitrogen and oxygen atoms in total. The third-order valence-electron chi connectivity index (χ3n) is 0.594. The van der Waals surface area contributed by atoms with Crippen LogP contribution < -0.4 is 0 Å². The minimum absolute atomic E-state index is 1.12. The average molecular weight is 293 g/mol. The first-order chi connectivity index (χ1) is 4.31. The normalized spacial score (nSPS) is 9.00. The second-order valence-corrected chi connectivity index (χ2v) is 2.19. The topological polar surface area (TPSA) is 0 Å². The van der Waals surface area contributed by atoms with Crippen molar-refractivity contribution < 1.29 is 19.4 Å². The van der Waals surface area contributed by atoms with Crippen LogP contribution in [-0.2, 0) is 19.4 Å². The molecule has 0 heterocycles. The zero-order valence-electron chi connectivity index (χ0n) is 6.22. The fourth-order valence-electron chi connectivity index (χ4n) is 0.163. The number of hydrogen-bond donors (Lipinski definition) is 0. The van der Waals surface area contributed by atoms with Crippen molar-refractivity contribution in [2.24, 2.45) is 0 Å². The molecule has 0 aromatic carbocycles. The molecular weight excluding hydrogens is 280 g/mol. The first-order valence-electron chi connectivity index (χ1n) is 2.98. The molecule has 0 aromatic rings. The van der Waals surface area contributed by atoms with Crippen molar-refractivity contribution in [2.75, 3.05) is 0 Å². The van der Waals surface area contributed by atoms with Crippen molar-refractivity contribution in [3.05, 3.63) is 24.3 Å². The molecule has 0 amide bonds. The van der Waals surface area contributed by atoms with E-state index in [1.807, 2.05) is 31.2 Å². The van der Waals surface area contributed by atoms with Gasteiger partial charge >= 0.3 is 55.0 Å². The van der Waals surface area contributed by atoms with Crippen molar-refractivity contribution in [1.29, 1.82) is 0 Å². The summed E-state index contributed by atoms with van der Waals surface area (Å²) in [4.78, 5) is 0. The van der Waals surface area contributed by atoms with Crippen LogP contribution in [0.3, 0.4) is 0 Å². The molecule has 0 N–H and O–H groups in total. The summed E-state index contributed by atoms with van der Waals surface area (Å²) in [7, 11) is 0. The predicted molar refractivity (Wildman–Crippen MR) is 40.0 cm³/mol. The van der Waals surface area contributed by atoms with E-state index in [9.17, 15) is 0 Å². The molecule has 0 aromatic heterocycles. The quantitative estimate of drug-likeness (QED) is 0.541.